The van der Waals surface area contributed by atoms with Crippen LogP contribution in [0.25, 0.3) is 0 Å². The van der Waals surface area contributed by atoms with E-state index in [1.54, 1.807) is 6.07 Å². The molecule has 2 rings (SSSR count). The van der Waals surface area contributed by atoms with Crippen LogP contribution < -0.4 is 5.32 Å². The molecule has 1 aromatic rings. The Morgan fingerprint density at radius 1 is 1.35 bits per heavy atom. The van der Waals surface area contributed by atoms with Gasteiger partial charge in [-0.2, -0.15) is 0 Å². The predicted molar refractivity (Wildman–Crippen MR) is 69.4 cm³/mol. The van der Waals surface area contributed by atoms with Crippen molar-refractivity contribution in [3.8, 4) is 0 Å². The molecule has 0 aromatic heterocycles. The minimum Gasteiger partial charge on any atom is -0.307 e. The van der Waals surface area contributed by atoms with Crippen LogP contribution in [-0.2, 0) is 0 Å². The van der Waals surface area contributed by atoms with Gasteiger partial charge in [-0.25, -0.2) is 4.39 Å². The van der Waals surface area contributed by atoms with Crippen LogP contribution in [0.2, 0.25) is 0 Å². The zero-order chi connectivity index (χ0) is 12.5. The first-order valence-electron chi connectivity index (χ1n) is 6.48. The molecule has 0 amide bonds. The van der Waals surface area contributed by atoms with Crippen molar-refractivity contribution < 1.29 is 4.39 Å². The highest BCUT2D eigenvalue weighted by molar-refractivity contribution is 5.20. The van der Waals surface area contributed by atoms with Gasteiger partial charge in [-0.3, -0.25) is 0 Å². The van der Waals surface area contributed by atoms with E-state index in [0.717, 1.165) is 5.56 Å². The third-order valence-corrected chi connectivity index (χ3v) is 3.83. The Morgan fingerprint density at radius 3 is 2.65 bits per heavy atom. The minimum atomic E-state index is -0.107. The molecule has 17 heavy (non-hydrogen) atoms. The lowest BCUT2D eigenvalue weighted by atomic mass is 9.91. The Morgan fingerprint density at radius 2 is 2.06 bits per heavy atom. The van der Waals surface area contributed by atoms with Crippen molar-refractivity contribution >= 4 is 0 Å². The molecule has 1 unspecified atom stereocenters. The second-order valence-electron chi connectivity index (χ2n) is 6.01. The van der Waals surface area contributed by atoms with E-state index < -0.39 is 0 Å². The highest BCUT2D eigenvalue weighted by Crippen LogP contribution is 2.37. The average Bonchev–Trinajstić information content (AvgIpc) is 2.58. The van der Waals surface area contributed by atoms with Crippen molar-refractivity contribution in [2.24, 2.45) is 5.41 Å². The summed E-state index contributed by atoms with van der Waals surface area (Å²) in [4.78, 5) is 0. The van der Waals surface area contributed by atoms with Crippen LogP contribution in [-0.4, -0.2) is 6.04 Å². The lowest BCUT2D eigenvalue weighted by molar-refractivity contribution is 0.355. The Bertz CT molecular complexity index is 386. The largest absolute Gasteiger partial charge is 0.307 e. The molecule has 0 heterocycles. The number of benzene rings is 1. The minimum absolute atomic E-state index is 0.0927. The maximum Gasteiger partial charge on any atom is 0.127 e. The Hall–Kier alpha value is -0.890. The third kappa shape index (κ3) is 3.06. The molecule has 0 aliphatic heterocycles. The van der Waals surface area contributed by atoms with Crippen LogP contribution in [0.5, 0.6) is 0 Å². The molecule has 1 aliphatic carbocycles. The molecular formula is C15H22FN. The van der Waals surface area contributed by atoms with Crippen molar-refractivity contribution in [2.45, 2.75) is 52.1 Å². The summed E-state index contributed by atoms with van der Waals surface area (Å²) in [6.45, 7) is 6.66. The van der Waals surface area contributed by atoms with Gasteiger partial charge in [0.25, 0.3) is 0 Å². The van der Waals surface area contributed by atoms with Crippen molar-refractivity contribution in [2.75, 3.05) is 0 Å². The van der Waals surface area contributed by atoms with E-state index >= 15 is 0 Å². The molecule has 1 fully saturated rings. The maximum atomic E-state index is 13.6. The Balaban J connectivity index is 1.99. The summed E-state index contributed by atoms with van der Waals surface area (Å²) in [7, 11) is 0. The molecular weight excluding hydrogens is 213 g/mol. The van der Waals surface area contributed by atoms with Gasteiger partial charge < -0.3 is 5.32 Å². The highest BCUT2D eigenvalue weighted by atomic mass is 19.1. The topological polar surface area (TPSA) is 12.0 Å². The predicted octanol–water partition coefficient (Wildman–Crippen LogP) is 4.06. The highest BCUT2D eigenvalue weighted by Gasteiger charge is 2.31. The average molecular weight is 235 g/mol. The molecule has 94 valence electrons. The van der Waals surface area contributed by atoms with Crippen molar-refractivity contribution in [3.05, 3.63) is 35.6 Å². The van der Waals surface area contributed by atoms with Gasteiger partial charge in [0, 0.05) is 17.6 Å². The summed E-state index contributed by atoms with van der Waals surface area (Å²) in [6.07, 6.45) is 3.65. The van der Waals surface area contributed by atoms with Gasteiger partial charge in [-0.1, -0.05) is 32.0 Å². The quantitative estimate of drug-likeness (QED) is 0.833. The summed E-state index contributed by atoms with van der Waals surface area (Å²) in [6, 6.07) is 7.66. The number of rotatable bonds is 3. The first-order valence-corrected chi connectivity index (χ1v) is 6.48. The van der Waals surface area contributed by atoms with Crippen molar-refractivity contribution in [1.82, 2.24) is 5.32 Å². The van der Waals surface area contributed by atoms with Gasteiger partial charge in [-0.15, -0.1) is 0 Å². The van der Waals surface area contributed by atoms with E-state index in [4.69, 9.17) is 0 Å². The summed E-state index contributed by atoms with van der Waals surface area (Å²) < 4.78 is 13.6. The molecule has 0 saturated heterocycles. The van der Waals surface area contributed by atoms with Crippen LogP contribution in [0, 0.1) is 11.2 Å². The van der Waals surface area contributed by atoms with Gasteiger partial charge in [0.1, 0.15) is 5.82 Å². The van der Waals surface area contributed by atoms with Crippen LogP contribution in [0.1, 0.15) is 51.6 Å². The molecule has 2 atom stereocenters. The van der Waals surface area contributed by atoms with Crippen LogP contribution >= 0.6 is 0 Å². The van der Waals surface area contributed by atoms with E-state index in [1.165, 1.54) is 25.3 Å². The van der Waals surface area contributed by atoms with Gasteiger partial charge >= 0.3 is 0 Å². The summed E-state index contributed by atoms with van der Waals surface area (Å²) in [5, 5.41) is 3.55. The van der Waals surface area contributed by atoms with Crippen LogP contribution in [0.3, 0.4) is 0 Å². The fraction of sp³-hybridized carbons (Fsp3) is 0.600. The molecule has 1 N–H and O–H groups in total. The fourth-order valence-corrected chi connectivity index (χ4v) is 2.85. The lowest BCUT2D eigenvalue weighted by Crippen LogP contribution is -2.30. The van der Waals surface area contributed by atoms with E-state index in [0.29, 0.717) is 11.5 Å². The van der Waals surface area contributed by atoms with Gasteiger partial charge in [0.05, 0.1) is 0 Å². The molecule has 1 aromatic carbocycles. The molecule has 1 saturated carbocycles. The monoisotopic (exact) mass is 235 g/mol. The van der Waals surface area contributed by atoms with E-state index in [9.17, 15) is 4.39 Å². The van der Waals surface area contributed by atoms with E-state index in [2.05, 4.69) is 19.2 Å². The second-order valence-corrected chi connectivity index (χ2v) is 6.01. The number of nitrogens with one attached hydrogen (secondary N) is 1. The Labute approximate surface area is 103 Å². The normalized spacial score (nSPS) is 24.8. The zero-order valence-corrected chi connectivity index (χ0v) is 11.0. The van der Waals surface area contributed by atoms with Crippen molar-refractivity contribution in [1.29, 1.82) is 0 Å². The molecule has 0 spiro atoms. The molecule has 2 heteroatoms. The molecule has 0 radical (unpaired) electrons. The number of hydrogen-bond acceptors (Lipinski definition) is 1. The second kappa shape index (κ2) is 4.77. The van der Waals surface area contributed by atoms with E-state index in [1.807, 2.05) is 19.1 Å². The first kappa shape index (κ1) is 12.6. The van der Waals surface area contributed by atoms with Gasteiger partial charge in [0.15, 0.2) is 0 Å². The maximum absolute atomic E-state index is 13.6. The third-order valence-electron chi connectivity index (χ3n) is 3.83. The standard InChI is InChI=1S/C15H22FN/c1-11(13-6-4-5-7-14(13)16)17-12-8-9-15(2,3)10-12/h4-7,11-12,17H,8-10H2,1-3H3/t11-,12?/m1/s1. The number of halogens is 1. The van der Waals surface area contributed by atoms with Gasteiger partial charge in [-0.05, 0) is 37.7 Å². The zero-order valence-electron chi connectivity index (χ0n) is 11.0. The van der Waals surface area contributed by atoms with Gasteiger partial charge in [0.2, 0.25) is 0 Å². The number of hydrogen-bond donors (Lipinski definition) is 1. The lowest BCUT2D eigenvalue weighted by Gasteiger charge is -2.22. The first-order chi connectivity index (χ1) is 7.98. The molecule has 1 aliphatic rings. The van der Waals surface area contributed by atoms with E-state index in [-0.39, 0.29) is 11.9 Å². The van der Waals surface area contributed by atoms with Crippen LogP contribution in [0.15, 0.2) is 24.3 Å². The Kier molecular flexibility index (Phi) is 3.53. The summed E-state index contributed by atoms with van der Waals surface area (Å²) in [5.74, 6) is -0.107. The van der Waals surface area contributed by atoms with Crippen LogP contribution in [0.4, 0.5) is 4.39 Å². The SMILES string of the molecule is C[C@@H](NC1CCC(C)(C)C1)c1ccccc1F. The summed E-state index contributed by atoms with van der Waals surface area (Å²) in [5.41, 5.74) is 1.21. The van der Waals surface area contributed by atoms with Crippen molar-refractivity contribution in [3.63, 3.8) is 0 Å². The smallest absolute Gasteiger partial charge is 0.127 e. The molecule has 1 nitrogen and oxygen atoms in total. The fourth-order valence-electron chi connectivity index (χ4n) is 2.85. The summed E-state index contributed by atoms with van der Waals surface area (Å²) >= 11 is 0. The molecule has 0 bridgehead atoms.